The molecule has 3 aromatic carbocycles. The van der Waals surface area contributed by atoms with Crippen LogP contribution in [-0.2, 0) is 56.1 Å². The molecule has 1 amide bonds. The summed E-state index contributed by atoms with van der Waals surface area (Å²) in [5.74, 6) is 0.0496. The molecule has 3 aliphatic rings. The number of unbranched alkanes of at least 4 members (excludes halogenated alkanes) is 6. The summed E-state index contributed by atoms with van der Waals surface area (Å²) in [4.78, 5) is 13.3. The molecule has 0 spiro atoms. The molecule has 0 bridgehead atoms. The molecule has 0 fully saturated rings. The van der Waals surface area contributed by atoms with Crippen LogP contribution in [0.25, 0.3) is 0 Å². The van der Waals surface area contributed by atoms with Crippen molar-refractivity contribution in [2.24, 2.45) is 5.73 Å². The van der Waals surface area contributed by atoms with Crippen LogP contribution in [-0.4, -0.2) is 100 Å². The van der Waals surface area contributed by atoms with Gasteiger partial charge < -0.3 is 38.9 Å². The number of hydrogen-bond acceptors (Lipinski definition) is 16. The summed E-state index contributed by atoms with van der Waals surface area (Å²) in [5.41, 5.74) is 9.24. The van der Waals surface area contributed by atoms with Crippen LogP contribution >= 0.6 is 0 Å². The first-order chi connectivity index (χ1) is 34.6. The van der Waals surface area contributed by atoms with E-state index in [-0.39, 0.29) is 125 Å². The Morgan fingerprint density at radius 2 is 1.29 bits per heavy atom. The number of anilines is 1. The van der Waals surface area contributed by atoms with Crippen LogP contribution in [0, 0.1) is 0 Å². The summed E-state index contributed by atoms with van der Waals surface area (Å²) in [6, 6.07) is 13.5. The first-order valence-electron chi connectivity index (χ1n) is 24.7. The van der Waals surface area contributed by atoms with Gasteiger partial charge in [-0.3, -0.25) is 4.79 Å². The van der Waals surface area contributed by atoms with E-state index in [2.05, 4.69) is 9.89 Å². The van der Waals surface area contributed by atoms with Crippen molar-refractivity contribution in [2.75, 3.05) is 36.8 Å². The molecule has 0 saturated carbocycles. The maximum Gasteiger partial charge on any atom is 1.00 e. The van der Waals surface area contributed by atoms with Gasteiger partial charge >= 0.3 is 88.7 Å². The summed E-state index contributed by atoms with van der Waals surface area (Å²) in [6.07, 6.45) is 15.8. The minimum absolute atomic E-state index is 0. The monoisotopic (exact) mass is 1170 g/mol. The Balaban J connectivity index is 0.00000520. The normalized spacial score (nSPS) is 17.2. The van der Waals surface area contributed by atoms with Crippen LogP contribution in [0.15, 0.2) is 122 Å². The van der Waals surface area contributed by atoms with Gasteiger partial charge in [0.15, 0.2) is 5.71 Å². The summed E-state index contributed by atoms with van der Waals surface area (Å²) in [5, 5.41) is 2.99. The van der Waals surface area contributed by atoms with Crippen LogP contribution in [0.3, 0.4) is 0 Å². The Hall–Kier alpha value is -2.04. The fourth-order valence-corrected chi connectivity index (χ4v) is 11.8. The number of nitrogens with zero attached hydrogens (tertiary/aromatic N) is 2. The number of ether oxygens (including phenoxy) is 1. The van der Waals surface area contributed by atoms with E-state index in [1.807, 2.05) is 56.9 Å². The van der Waals surface area contributed by atoms with Crippen molar-refractivity contribution >= 4 is 63.5 Å². The predicted molar refractivity (Wildman–Crippen MR) is 276 cm³/mol. The van der Waals surface area contributed by atoms with Gasteiger partial charge in [-0.2, -0.15) is 4.58 Å². The van der Waals surface area contributed by atoms with Crippen LogP contribution in [0.1, 0.15) is 122 Å². The Kier molecular flexibility index (Phi) is 26.3. The molecule has 0 radical (unpaired) electrons. The SMILES string of the molecule is CC1(C)C(/C=C/C2=C(Oc3ccc(S(=O)(=O)[O-])cc3)C(=C/C=C3/N(CCCCS(=O)(=O)[O-])c4ccc(S(=O)(=O)[O-])cc4C3(C)C)/CCC2)=[N+](CCCCCC(=O)NCCCCCCN)c2ccc(S(=O)(=O)[O-])cc21.[Na+].[Na+].[Na+]. The standard InChI is InChI=1S/C52H68N4O14S4.3Na/c1-51(2)43-35-41(73(64,65)66)24-26-45(43)55(32-11-7-8-17-49(57)54-31-10-6-5-9-30-53)47(51)28-18-37-15-14-16-38(50(37)70-39-20-22-40(23-21-39)72(61,62)63)19-29-48-52(3,4)44-36-42(74(67,68)69)25-27-46(44)56(48)33-12-13-34-71(58,59)60;;;/h18-29,35-36H,5-17,30-34,53H2,1-4H3,(H4-,54,57,58,59,60,61,62,63,64,65,66,67,68,69);;;/q;3*+1/p-3. The molecule has 0 aromatic heterocycles. The van der Waals surface area contributed by atoms with Crippen molar-refractivity contribution in [2.45, 2.75) is 137 Å². The second-order valence-electron chi connectivity index (χ2n) is 19.8. The molecule has 404 valence electrons. The molecule has 77 heavy (non-hydrogen) atoms. The van der Waals surface area contributed by atoms with E-state index >= 15 is 0 Å². The molecule has 0 atom stereocenters. The van der Waals surface area contributed by atoms with Gasteiger partial charge in [0.25, 0.3) is 0 Å². The molecule has 3 N–H and O–H groups in total. The van der Waals surface area contributed by atoms with Crippen LogP contribution < -0.4 is 109 Å². The average molecular weight is 1170 g/mol. The molecule has 18 nitrogen and oxygen atoms in total. The second-order valence-corrected chi connectivity index (χ2v) is 25.5. The van der Waals surface area contributed by atoms with Crippen molar-refractivity contribution in [1.29, 1.82) is 0 Å². The number of nitrogens with two attached hydrogens (primary N) is 1. The van der Waals surface area contributed by atoms with Crippen LogP contribution in [0.2, 0.25) is 0 Å². The Morgan fingerprint density at radius 1 is 0.688 bits per heavy atom. The van der Waals surface area contributed by atoms with Gasteiger partial charge in [0.2, 0.25) is 11.6 Å². The van der Waals surface area contributed by atoms with E-state index < -0.39 is 66.8 Å². The van der Waals surface area contributed by atoms with Gasteiger partial charge in [-0.1, -0.05) is 32.8 Å². The van der Waals surface area contributed by atoms with Crippen LogP contribution in [0.5, 0.6) is 5.75 Å². The zero-order chi connectivity index (χ0) is 54.3. The summed E-state index contributed by atoms with van der Waals surface area (Å²) >= 11 is 0. The molecule has 25 heteroatoms. The molecule has 2 aliphatic heterocycles. The molecule has 0 unspecified atom stereocenters. The molecule has 2 heterocycles. The first kappa shape index (κ1) is 69.2. The van der Waals surface area contributed by atoms with E-state index in [0.717, 1.165) is 61.2 Å². The van der Waals surface area contributed by atoms with E-state index in [9.17, 15) is 56.7 Å². The van der Waals surface area contributed by atoms with E-state index in [1.165, 1.54) is 42.5 Å². The number of carbonyl (C=O) groups excluding carboxylic acids is 1. The minimum Gasteiger partial charge on any atom is -0.748 e. The zero-order valence-electron chi connectivity index (χ0n) is 45.1. The van der Waals surface area contributed by atoms with Crippen molar-refractivity contribution < 1.29 is 155 Å². The van der Waals surface area contributed by atoms with Gasteiger partial charge in [0.05, 0.1) is 30.2 Å². The fourth-order valence-electron chi connectivity index (χ4n) is 9.83. The largest absolute Gasteiger partial charge is 1.00 e. The Bertz CT molecular complexity index is 3230. The minimum atomic E-state index is -4.83. The van der Waals surface area contributed by atoms with Gasteiger partial charge in [-0.25, -0.2) is 33.7 Å². The quantitative estimate of drug-likeness (QED) is 0.0401. The number of amides is 1. The molecular formula is C52H65N4Na3O14S4. The molecule has 0 saturated heterocycles. The third kappa shape index (κ3) is 18.5. The zero-order valence-corrected chi connectivity index (χ0v) is 54.4. The number of allylic oxidation sites excluding steroid dienone is 7. The maximum atomic E-state index is 12.6. The molecule has 3 aromatic rings. The third-order valence-corrected chi connectivity index (χ3v) is 17.1. The number of hydrogen-bond donors (Lipinski definition) is 2. The van der Waals surface area contributed by atoms with E-state index in [4.69, 9.17) is 10.5 Å². The van der Waals surface area contributed by atoms with Crippen molar-refractivity contribution in [3.8, 4) is 5.75 Å². The Morgan fingerprint density at radius 3 is 1.91 bits per heavy atom. The van der Waals surface area contributed by atoms with E-state index in [0.29, 0.717) is 92.0 Å². The Labute approximate surface area is 521 Å². The smallest absolute Gasteiger partial charge is 0.748 e. The van der Waals surface area contributed by atoms with E-state index in [1.54, 1.807) is 6.07 Å². The number of nitrogens with one attached hydrogen (secondary N) is 1. The van der Waals surface area contributed by atoms with Gasteiger partial charge in [0, 0.05) is 66.2 Å². The number of benzene rings is 3. The number of fused-ring (bicyclic) bond motifs is 2. The van der Waals surface area contributed by atoms with Gasteiger partial charge in [-0.15, -0.1) is 0 Å². The maximum absolute atomic E-state index is 12.6. The van der Waals surface area contributed by atoms with Crippen LogP contribution in [0.4, 0.5) is 11.4 Å². The summed E-state index contributed by atoms with van der Waals surface area (Å²) < 4.78 is 152. The predicted octanol–water partition coefficient (Wildman–Crippen LogP) is -2.01. The summed E-state index contributed by atoms with van der Waals surface area (Å²) in [6.45, 7) is 9.60. The number of rotatable bonds is 25. The fraction of sp³-hybridized carbons (Fsp3) is 0.462. The topological polar surface area (TPSA) is 299 Å². The van der Waals surface area contributed by atoms with Crippen molar-refractivity contribution in [3.05, 3.63) is 119 Å². The number of carbonyl (C=O) groups is 1. The van der Waals surface area contributed by atoms with Gasteiger partial charge in [-0.05, 0) is 162 Å². The molecule has 6 rings (SSSR count). The molecule has 1 aliphatic carbocycles. The van der Waals surface area contributed by atoms with Gasteiger partial charge in [0.1, 0.15) is 48.4 Å². The third-order valence-electron chi connectivity index (χ3n) is 13.8. The summed E-state index contributed by atoms with van der Waals surface area (Å²) in [7, 11) is -18.9. The second kappa shape index (κ2) is 29.3. The van der Waals surface area contributed by atoms with Crippen molar-refractivity contribution in [3.63, 3.8) is 0 Å². The van der Waals surface area contributed by atoms with Crippen molar-refractivity contribution in [1.82, 2.24) is 5.32 Å². The molecular weight excluding hydrogens is 1100 g/mol. The average Bonchev–Trinajstić information content (AvgIpc) is 3.66. The first-order valence-corrected chi connectivity index (χ1v) is 30.5.